The van der Waals surface area contributed by atoms with Crippen LogP contribution in [0.15, 0.2) is 54.0 Å². The Labute approximate surface area is 181 Å². The molecular formula is C22H16FN3O4S. The van der Waals surface area contributed by atoms with E-state index < -0.39 is 11.9 Å². The van der Waals surface area contributed by atoms with Gasteiger partial charge in [-0.25, -0.2) is 19.0 Å². The molecule has 156 valence electrons. The molecule has 0 aliphatic carbocycles. The number of carbonyl (C=O) groups is 2. The van der Waals surface area contributed by atoms with Crippen LogP contribution in [0.1, 0.15) is 25.7 Å². The number of esters is 2. The predicted octanol–water partition coefficient (Wildman–Crippen LogP) is 4.50. The van der Waals surface area contributed by atoms with E-state index in [0.717, 1.165) is 0 Å². The van der Waals surface area contributed by atoms with E-state index in [0.29, 0.717) is 16.3 Å². The number of benzene rings is 2. The van der Waals surface area contributed by atoms with Gasteiger partial charge in [-0.15, -0.1) is 11.3 Å². The van der Waals surface area contributed by atoms with Crippen LogP contribution in [0.2, 0.25) is 0 Å². The van der Waals surface area contributed by atoms with E-state index in [1.807, 2.05) is 0 Å². The highest BCUT2D eigenvalue weighted by Crippen LogP contribution is 2.27. The second kappa shape index (κ2) is 9.65. The molecule has 0 radical (unpaired) electrons. The van der Waals surface area contributed by atoms with Crippen molar-refractivity contribution in [2.75, 3.05) is 19.5 Å². The van der Waals surface area contributed by atoms with Crippen LogP contribution in [-0.2, 0) is 9.47 Å². The highest BCUT2D eigenvalue weighted by molar-refractivity contribution is 7.11. The Bertz CT molecular complexity index is 1200. The number of hydrogen-bond donors (Lipinski definition) is 1. The van der Waals surface area contributed by atoms with Gasteiger partial charge in [0.15, 0.2) is 0 Å². The fourth-order valence-corrected chi connectivity index (χ4v) is 3.43. The molecule has 0 aliphatic rings. The van der Waals surface area contributed by atoms with Crippen molar-refractivity contribution in [2.24, 2.45) is 0 Å². The standard InChI is InChI=1S/C22H16FN3O4S/c1-29-21(27)14-5-8-17(22(28)30-2)18(9-14)25-11-15(10-24)20-26-19(12-31-20)13-3-6-16(23)7-4-13/h3-9,11-12,25H,1-2H3/b15-11+. The lowest BCUT2D eigenvalue weighted by molar-refractivity contribution is 0.0587. The number of ether oxygens (including phenoxy) is 2. The molecule has 1 N–H and O–H groups in total. The number of rotatable bonds is 6. The smallest absolute Gasteiger partial charge is 0.339 e. The second-order valence-corrected chi connectivity index (χ2v) is 6.96. The number of aromatic nitrogens is 1. The van der Waals surface area contributed by atoms with Crippen molar-refractivity contribution >= 4 is 34.5 Å². The molecule has 31 heavy (non-hydrogen) atoms. The van der Waals surface area contributed by atoms with Crippen molar-refractivity contribution < 1.29 is 23.5 Å². The summed E-state index contributed by atoms with van der Waals surface area (Å²) in [5.41, 5.74) is 2.18. The van der Waals surface area contributed by atoms with Crippen LogP contribution in [0.4, 0.5) is 10.1 Å². The molecule has 3 rings (SSSR count). The molecule has 0 amide bonds. The van der Waals surface area contributed by atoms with E-state index in [-0.39, 0.29) is 28.2 Å². The van der Waals surface area contributed by atoms with E-state index in [1.54, 1.807) is 17.5 Å². The predicted molar refractivity (Wildman–Crippen MR) is 114 cm³/mol. The van der Waals surface area contributed by atoms with Crippen molar-refractivity contribution in [3.63, 3.8) is 0 Å². The minimum atomic E-state index is -0.612. The fourth-order valence-electron chi connectivity index (χ4n) is 2.64. The molecule has 0 saturated heterocycles. The lowest BCUT2D eigenvalue weighted by Gasteiger charge is -2.10. The summed E-state index contributed by atoms with van der Waals surface area (Å²) in [6.07, 6.45) is 1.39. The molecule has 0 atom stereocenters. The number of anilines is 1. The maximum absolute atomic E-state index is 13.1. The van der Waals surface area contributed by atoms with Crippen LogP contribution in [-0.4, -0.2) is 31.1 Å². The number of nitriles is 1. The Morgan fingerprint density at radius 3 is 2.48 bits per heavy atom. The molecule has 1 aromatic heterocycles. The zero-order chi connectivity index (χ0) is 22.4. The van der Waals surface area contributed by atoms with Gasteiger partial charge in [-0.2, -0.15) is 5.26 Å². The van der Waals surface area contributed by atoms with Gasteiger partial charge in [0.1, 0.15) is 22.5 Å². The Hall–Kier alpha value is -4.03. The third-order valence-electron chi connectivity index (χ3n) is 4.21. The summed E-state index contributed by atoms with van der Waals surface area (Å²) in [5.74, 6) is -1.54. The van der Waals surface area contributed by atoms with Gasteiger partial charge in [0.05, 0.1) is 36.7 Å². The minimum absolute atomic E-state index is 0.176. The van der Waals surface area contributed by atoms with Crippen LogP contribution in [0.25, 0.3) is 16.8 Å². The lowest BCUT2D eigenvalue weighted by Crippen LogP contribution is -2.08. The van der Waals surface area contributed by atoms with Gasteiger partial charge in [0.25, 0.3) is 0 Å². The third kappa shape index (κ3) is 4.94. The van der Waals surface area contributed by atoms with Gasteiger partial charge < -0.3 is 14.8 Å². The zero-order valence-corrected chi connectivity index (χ0v) is 17.3. The molecule has 3 aromatic rings. The average molecular weight is 437 g/mol. The molecule has 0 fully saturated rings. The molecule has 0 spiro atoms. The van der Waals surface area contributed by atoms with E-state index >= 15 is 0 Å². The van der Waals surface area contributed by atoms with Gasteiger partial charge in [0, 0.05) is 17.1 Å². The molecule has 2 aromatic carbocycles. The summed E-state index contributed by atoms with van der Waals surface area (Å²) in [4.78, 5) is 28.3. The van der Waals surface area contributed by atoms with Crippen molar-refractivity contribution in [3.05, 3.63) is 76.0 Å². The number of hydrogen-bond acceptors (Lipinski definition) is 8. The number of thiazole rings is 1. The van der Waals surface area contributed by atoms with Gasteiger partial charge in [0.2, 0.25) is 0 Å². The minimum Gasteiger partial charge on any atom is -0.465 e. The topological polar surface area (TPSA) is 101 Å². The second-order valence-electron chi connectivity index (χ2n) is 6.10. The van der Waals surface area contributed by atoms with Crippen molar-refractivity contribution in [2.45, 2.75) is 0 Å². The van der Waals surface area contributed by atoms with Crippen LogP contribution >= 0.6 is 11.3 Å². The quantitative estimate of drug-likeness (QED) is 0.447. The van der Waals surface area contributed by atoms with Gasteiger partial charge in [-0.1, -0.05) is 0 Å². The van der Waals surface area contributed by atoms with Crippen LogP contribution < -0.4 is 5.32 Å². The summed E-state index contributed by atoms with van der Waals surface area (Å²) < 4.78 is 22.6. The molecular weight excluding hydrogens is 421 g/mol. The first-order chi connectivity index (χ1) is 15.0. The number of nitrogens with one attached hydrogen (secondary N) is 1. The molecule has 0 saturated carbocycles. The number of halogens is 1. The maximum Gasteiger partial charge on any atom is 0.339 e. The van der Waals surface area contributed by atoms with Gasteiger partial charge in [-0.3, -0.25) is 0 Å². The first-order valence-electron chi connectivity index (χ1n) is 8.86. The van der Waals surface area contributed by atoms with Gasteiger partial charge >= 0.3 is 11.9 Å². The van der Waals surface area contributed by atoms with Crippen molar-refractivity contribution in [1.29, 1.82) is 5.26 Å². The average Bonchev–Trinajstić information content (AvgIpc) is 3.28. The normalized spacial score (nSPS) is 10.8. The fraction of sp³-hybridized carbons (Fsp3) is 0.0909. The monoisotopic (exact) mass is 437 g/mol. The van der Waals surface area contributed by atoms with Crippen LogP contribution in [0.3, 0.4) is 0 Å². The van der Waals surface area contributed by atoms with E-state index in [4.69, 9.17) is 9.47 Å². The molecule has 1 heterocycles. The highest BCUT2D eigenvalue weighted by atomic mass is 32.1. The summed E-state index contributed by atoms with van der Waals surface area (Å²) in [6, 6.07) is 12.2. The molecule has 7 nitrogen and oxygen atoms in total. The Balaban J connectivity index is 1.92. The third-order valence-corrected chi connectivity index (χ3v) is 5.09. The lowest BCUT2D eigenvalue weighted by atomic mass is 10.1. The van der Waals surface area contributed by atoms with Crippen LogP contribution in [0, 0.1) is 17.1 Å². The van der Waals surface area contributed by atoms with E-state index in [1.165, 1.54) is 62.1 Å². The Morgan fingerprint density at radius 2 is 1.84 bits per heavy atom. The summed E-state index contributed by atoms with van der Waals surface area (Å²) in [7, 11) is 2.49. The number of carbonyl (C=O) groups excluding carboxylic acids is 2. The number of nitrogens with zero attached hydrogens (tertiary/aromatic N) is 2. The highest BCUT2D eigenvalue weighted by Gasteiger charge is 2.16. The zero-order valence-electron chi connectivity index (χ0n) is 16.5. The first kappa shape index (κ1) is 21.7. The number of methoxy groups -OCH3 is 2. The van der Waals surface area contributed by atoms with E-state index in [2.05, 4.69) is 16.4 Å². The number of allylic oxidation sites excluding steroid dienone is 1. The molecule has 0 unspecified atom stereocenters. The van der Waals surface area contributed by atoms with Crippen molar-refractivity contribution in [3.8, 4) is 17.3 Å². The molecule has 9 heteroatoms. The largest absolute Gasteiger partial charge is 0.465 e. The molecule has 0 bridgehead atoms. The Kier molecular flexibility index (Phi) is 6.74. The SMILES string of the molecule is COC(=O)c1ccc(C(=O)OC)c(N/C=C(\C#N)c2nc(-c3ccc(F)cc3)cs2)c1. The van der Waals surface area contributed by atoms with Crippen LogP contribution in [0.5, 0.6) is 0 Å². The maximum atomic E-state index is 13.1. The summed E-state index contributed by atoms with van der Waals surface area (Å²) >= 11 is 1.24. The Morgan fingerprint density at radius 1 is 1.13 bits per heavy atom. The summed E-state index contributed by atoms with van der Waals surface area (Å²) in [6.45, 7) is 0. The van der Waals surface area contributed by atoms with E-state index in [9.17, 15) is 19.2 Å². The molecule has 0 aliphatic heterocycles. The first-order valence-corrected chi connectivity index (χ1v) is 9.74. The van der Waals surface area contributed by atoms with Gasteiger partial charge in [-0.05, 0) is 42.5 Å². The van der Waals surface area contributed by atoms with Crippen molar-refractivity contribution in [1.82, 2.24) is 4.98 Å². The summed E-state index contributed by atoms with van der Waals surface area (Å²) in [5, 5.41) is 14.6.